The number of phenolic OH excluding ortho intramolecular Hbond substituents is 2. The molecule has 3 aliphatic rings. The third-order valence-electron chi connectivity index (χ3n) is 9.91. The average molecular weight is 631 g/mol. The predicted molar refractivity (Wildman–Crippen MR) is 178 cm³/mol. The summed E-state index contributed by atoms with van der Waals surface area (Å²) in [5, 5.41) is 31.0. The van der Waals surface area contributed by atoms with Crippen molar-refractivity contribution in [2.45, 2.75) is 65.5 Å². The number of allylic oxidation sites excluding steroid dienone is 5. The molecule has 0 heterocycles. The van der Waals surface area contributed by atoms with Crippen LogP contribution in [0.3, 0.4) is 0 Å². The number of phenols is 2. The minimum atomic E-state index is -0.410. The molecule has 246 valence electrons. The lowest BCUT2D eigenvalue weighted by molar-refractivity contribution is -0.127. The van der Waals surface area contributed by atoms with Crippen molar-refractivity contribution < 1.29 is 29.2 Å². The Kier molecular flexibility index (Phi) is 10.1. The lowest BCUT2D eigenvalue weighted by Gasteiger charge is -2.30. The maximum atomic E-state index is 14.9. The van der Waals surface area contributed by atoms with Gasteiger partial charge in [-0.25, -0.2) is 4.39 Å². The van der Waals surface area contributed by atoms with Gasteiger partial charge < -0.3 is 29.9 Å². The number of carbonyl (C=O) groups excluding carboxylic acids is 1. The molecule has 1 atom stereocenters. The summed E-state index contributed by atoms with van der Waals surface area (Å²) in [5.74, 6) is 0.640. The number of amides is 1. The van der Waals surface area contributed by atoms with Gasteiger partial charge >= 0.3 is 0 Å². The van der Waals surface area contributed by atoms with Gasteiger partial charge in [0.1, 0.15) is 5.82 Å². The van der Waals surface area contributed by atoms with Crippen LogP contribution in [0.15, 0.2) is 77.1 Å². The first-order valence-corrected chi connectivity index (χ1v) is 16.2. The lowest BCUT2D eigenvalue weighted by Crippen LogP contribution is -2.40. The number of benzene rings is 2. The molecule has 2 saturated carbocycles. The maximum Gasteiger partial charge on any atom is 0.254 e. The van der Waals surface area contributed by atoms with Crippen molar-refractivity contribution in [2.24, 2.45) is 11.3 Å². The lowest BCUT2D eigenvalue weighted by atomic mass is 9.87. The Morgan fingerprint density at radius 1 is 1.13 bits per heavy atom. The zero-order chi connectivity index (χ0) is 33.2. The number of rotatable bonds is 14. The molecule has 46 heavy (non-hydrogen) atoms. The minimum Gasteiger partial charge on any atom is -0.504 e. The van der Waals surface area contributed by atoms with E-state index in [0.29, 0.717) is 54.6 Å². The molecular weight excluding hydrogens is 583 g/mol. The van der Waals surface area contributed by atoms with Gasteiger partial charge in [-0.2, -0.15) is 0 Å². The molecule has 0 radical (unpaired) electrons. The van der Waals surface area contributed by atoms with Crippen LogP contribution in [0.2, 0.25) is 0 Å². The number of hydrogen-bond donors (Lipinski definition) is 3. The predicted octanol–water partition coefficient (Wildman–Crippen LogP) is 6.64. The monoisotopic (exact) mass is 630 g/mol. The summed E-state index contributed by atoms with van der Waals surface area (Å²) in [6.07, 6.45) is 9.79. The molecule has 2 fully saturated rings. The Morgan fingerprint density at radius 2 is 1.87 bits per heavy atom. The number of aliphatic hydroxyl groups is 1. The molecule has 2 aromatic carbocycles. The van der Waals surface area contributed by atoms with Crippen molar-refractivity contribution in [3.05, 3.63) is 99.6 Å². The van der Waals surface area contributed by atoms with Gasteiger partial charge in [-0.15, -0.1) is 0 Å². The third-order valence-corrected chi connectivity index (χ3v) is 9.91. The van der Waals surface area contributed by atoms with Crippen molar-refractivity contribution in [1.82, 2.24) is 9.80 Å². The largest absolute Gasteiger partial charge is 0.504 e. The average Bonchev–Trinajstić information content (AvgIpc) is 3.91. The van der Waals surface area contributed by atoms with E-state index in [1.807, 2.05) is 39.1 Å². The van der Waals surface area contributed by atoms with Crippen LogP contribution in [-0.2, 0) is 16.1 Å². The molecule has 8 heteroatoms. The van der Waals surface area contributed by atoms with E-state index in [4.69, 9.17) is 4.74 Å². The van der Waals surface area contributed by atoms with E-state index in [1.165, 1.54) is 31.0 Å². The van der Waals surface area contributed by atoms with Crippen LogP contribution in [0, 0.1) is 24.1 Å². The number of likely N-dealkylation sites (N-methyl/N-ethyl adjacent to an activating group) is 1. The molecule has 3 aliphatic carbocycles. The van der Waals surface area contributed by atoms with Crippen molar-refractivity contribution >= 4 is 11.5 Å². The van der Waals surface area contributed by atoms with Crippen LogP contribution in [0.4, 0.5) is 4.39 Å². The van der Waals surface area contributed by atoms with E-state index in [1.54, 1.807) is 37.1 Å². The fraction of sp³-hybridized carbons (Fsp3) is 0.447. The van der Waals surface area contributed by atoms with Crippen LogP contribution in [0.1, 0.15) is 62.6 Å². The standard InChI is InChI=1S/C38H47FN2O5/c1-6-32(28-11-12-33(39)24(2)16-28)36(25(3)27-8-7-9-31(18-27)46-5)37(45)41(22-26-10-13-34(43)35(44)17-26)15-14-40(4)23-30(42)21-38-19-29(38)20-38/h7-13,16-17,29-30,42-44H,6,14-15,18-23H2,1-5H3/b27-25-,36-32-. The van der Waals surface area contributed by atoms with Gasteiger partial charge in [-0.1, -0.05) is 31.2 Å². The Labute approximate surface area is 272 Å². The van der Waals surface area contributed by atoms with Crippen LogP contribution in [-0.4, -0.2) is 70.9 Å². The summed E-state index contributed by atoms with van der Waals surface area (Å²) >= 11 is 0. The molecule has 7 nitrogen and oxygen atoms in total. The quantitative estimate of drug-likeness (QED) is 0.160. The molecule has 1 amide bonds. The van der Waals surface area contributed by atoms with E-state index in [2.05, 4.69) is 4.90 Å². The smallest absolute Gasteiger partial charge is 0.254 e. The summed E-state index contributed by atoms with van der Waals surface area (Å²) < 4.78 is 19.9. The topological polar surface area (TPSA) is 93.5 Å². The molecule has 0 saturated heterocycles. The molecule has 5 rings (SSSR count). The SMILES string of the molecule is CC/C(=C(C(=O)N(CCN(C)CC(O)CC12CC1C2)Cc1ccc(O)c(O)c1)\C(C)=C1\C=CC=C(OC)C1)c1ccc(F)c(C)c1. The van der Waals surface area contributed by atoms with Gasteiger partial charge in [0.25, 0.3) is 5.91 Å². The molecule has 0 aromatic heterocycles. The van der Waals surface area contributed by atoms with Crippen molar-refractivity contribution in [3.63, 3.8) is 0 Å². The molecule has 0 spiro atoms. The number of fused-ring (bicyclic) bond motifs is 1. The van der Waals surface area contributed by atoms with E-state index in [0.717, 1.165) is 40.4 Å². The number of halogens is 1. The van der Waals surface area contributed by atoms with Gasteiger partial charge in [0, 0.05) is 38.2 Å². The number of aryl methyl sites for hydroxylation is 1. The second kappa shape index (κ2) is 13.9. The number of aliphatic hydroxyl groups excluding tert-OH is 1. The number of ether oxygens (including phenoxy) is 1. The van der Waals surface area contributed by atoms with Gasteiger partial charge in [0.2, 0.25) is 0 Å². The Morgan fingerprint density at radius 3 is 2.50 bits per heavy atom. The minimum absolute atomic E-state index is 0.190. The fourth-order valence-electron chi connectivity index (χ4n) is 6.72. The summed E-state index contributed by atoms with van der Waals surface area (Å²) in [6, 6.07) is 9.55. The van der Waals surface area contributed by atoms with E-state index in [9.17, 15) is 24.5 Å². The van der Waals surface area contributed by atoms with Gasteiger partial charge in [-0.05, 0) is 122 Å². The second-order valence-corrected chi connectivity index (χ2v) is 13.3. The highest BCUT2D eigenvalue weighted by Gasteiger charge is 2.69. The Balaban J connectivity index is 1.51. The first-order valence-electron chi connectivity index (χ1n) is 16.2. The van der Waals surface area contributed by atoms with E-state index < -0.39 is 6.10 Å². The highest BCUT2D eigenvalue weighted by atomic mass is 19.1. The normalized spacial score (nSPS) is 22.1. The van der Waals surface area contributed by atoms with E-state index >= 15 is 0 Å². The van der Waals surface area contributed by atoms with E-state index in [-0.39, 0.29) is 29.8 Å². The highest BCUT2D eigenvalue weighted by molar-refractivity contribution is 6.05. The zero-order valence-electron chi connectivity index (χ0n) is 27.6. The third kappa shape index (κ3) is 7.56. The number of methoxy groups -OCH3 is 1. The summed E-state index contributed by atoms with van der Waals surface area (Å²) in [6.45, 7) is 7.28. The fourth-order valence-corrected chi connectivity index (χ4v) is 6.72. The molecular formula is C38H47FN2O5. The van der Waals surface area contributed by atoms with Gasteiger partial charge in [0.05, 0.1) is 19.0 Å². The Bertz CT molecular complexity index is 1600. The van der Waals surface area contributed by atoms with Crippen LogP contribution in [0.5, 0.6) is 11.5 Å². The van der Waals surface area contributed by atoms with Crippen molar-refractivity contribution in [3.8, 4) is 11.5 Å². The maximum absolute atomic E-state index is 14.9. The Hall–Kier alpha value is -3.88. The second-order valence-electron chi connectivity index (χ2n) is 13.3. The molecule has 0 aliphatic heterocycles. The molecule has 0 bridgehead atoms. The highest BCUT2D eigenvalue weighted by Crippen LogP contribution is 2.77. The molecule has 1 unspecified atom stereocenters. The summed E-state index contributed by atoms with van der Waals surface area (Å²) in [7, 11) is 3.59. The number of nitrogens with zero attached hydrogens (tertiary/aromatic N) is 2. The first kappa shape index (κ1) is 33.5. The zero-order valence-corrected chi connectivity index (χ0v) is 27.6. The van der Waals surface area contributed by atoms with Gasteiger partial charge in [0.15, 0.2) is 11.5 Å². The van der Waals surface area contributed by atoms with Gasteiger partial charge in [-0.3, -0.25) is 4.79 Å². The molecule has 2 aromatic rings. The van der Waals surface area contributed by atoms with Crippen molar-refractivity contribution in [2.75, 3.05) is 33.8 Å². The molecule has 3 N–H and O–H groups in total. The number of carbonyl (C=O) groups is 1. The van der Waals surface area contributed by atoms with Crippen molar-refractivity contribution in [1.29, 1.82) is 0 Å². The summed E-state index contributed by atoms with van der Waals surface area (Å²) in [4.78, 5) is 18.7. The van der Waals surface area contributed by atoms with Crippen LogP contribution >= 0.6 is 0 Å². The number of aromatic hydroxyl groups is 2. The summed E-state index contributed by atoms with van der Waals surface area (Å²) in [5.41, 5.74) is 5.47. The first-order chi connectivity index (χ1) is 21.9. The number of hydrogen-bond acceptors (Lipinski definition) is 6. The van der Waals surface area contributed by atoms with Crippen LogP contribution in [0.25, 0.3) is 5.57 Å². The van der Waals surface area contributed by atoms with Crippen LogP contribution < -0.4 is 0 Å².